The normalized spacial score (nSPS) is 10.8. The highest BCUT2D eigenvalue weighted by Gasteiger charge is 2.15. The molecule has 3 aromatic rings. The number of hydrogen-bond donors (Lipinski definition) is 1. The maximum atomic E-state index is 14.1. The SMILES string of the molecule is CCOc1cc(CNCCCOc2ccccn2)cc(Br)c1OCc1c(F)cccc1Cl. The molecule has 0 aliphatic rings. The van der Waals surface area contributed by atoms with Crippen LogP contribution < -0.4 is 19.5 Å². The van der Waals surface area contributed by atoms with Crippen molar-refractivity contribution < 1.29 is 18.6 Å². The maximum Gasteiger partial charge on any atom is 0.213 e. The second-order valence-electron chi connectivity index (χ2n) is 6.87. The zero-order chi connectivity index (χ0) is 22.8. The zero-order valence-corrected chi connectivity index (χ0v) is 20.1. The van der Waals surface area contributed by atoms with Gasteiger partial charge in [0.15, 0.2) is 11.5 Å². The van der Waals surface area contributed by atoms with Crippen molar-refractivity contribution in [1.29, 1.82) is 0 Å². The van der Waals surface area contributed by atoms with Crippen molar-refractivity contribution in [3.63, 3.8) is 0 Å². The number of halogens is 3. The molecule has 0 unspecified atom stereocenters. The first kappa shape index (κ1) is 24.3. The number of ether oxygens (including phenoxy) is 3. The highest BCUT2D eigenvalue weighted by Crippen LogP contribution is 2.38. The van der Waals surface area contributed by atoms with Gasteiger partial charge < -0.3 is 19.5 Å². The second kappa shape index (κ2) is 12.6. The smallest absolute Gasteiger partial charge is 0.213 e. The molecule has 0 saturated heterocycles. The molecule has 32 heavy (non-hydrogen) atoms. The Balaban J connectivity index is 1.55. The van der Waals surface area contributed by atoms with E-state index in [1.807, 2.05) is 37.3 Å². The third-order valence-electron chi connectivity index (χ3n) is 4.51. The molecule has 0 saturated carbocycles. The lowest BCUT2D eigenvalue weighted by Gasteiger charge is -2.16. The minimum absolute atomic E-state index is 0.00194. The molecule has 0 aliphatic carbocycles. The van der Waals surface area contributed by atoms with Crippen LogP contribution in [0.25, 0.3) is 0 Å². The Bertz CT molecular complexity index is 988. The monoisotopic (exact) mass is 522 g/mol. The first-order valence-electron chi connectivity index (χ1n) is 10.3. The molecule has 2 aromatic carbocycles. The molecule has 0 amide bonds. The molecule has 5 nitrogen and oxygen atoms in total. The fourth-order valence-electron chi connectivity index (χ4n) is 2.98. The summed E-state index contributed by atoms with van der Waals surface area (Å²) in [6.07, 6.45) is 2.56. The van der Waals surface area contributed by atoms with Gasteiger partial charge in [0.25, 0.3) is 0 Å². The number of hydrogen-bond acceptors (Lipinski definition) is 5. The summed E-state index contributed by atoms with van der Waals surface area (Å²) >= 11 is 9.66. The number of benzene rings is 2. The molecule has 1 N–H and O–H groups in total. The fraction of sp³-hybridized carbons (Fsp3) is 0.292. The van der Waals surface area contributed by atoms with Crippen LogP contribution in [0.4, 0.5) is 4.39 Å². The van der Waals surface area contributed by atoms with E-state index < -0.39 is 5.82 Å². The highest BCUT2D eigenvalue weighted by atomic mass is 79.9. The average molecular weight is 524 g/mol. The Morgan fingerprint density at radius 2 is 1.97 bits per heavy atom. The Hall–Kier alpha value is -2.35. The van der Waals surface area contributed by atoms with E-state index in [1.54, 1.807) is 18.3 Å². The molecule has 0 spiro atoms. The van der Waals surface area contributed by atoms with E-state index in [1.165, 1.54) is 6.07 Å². The topological polar surface area (TPSA) is 52.6 Å². The quantitative estimate of drug-likeness (QED) is 0.288. The van der Waals surface area contributed by atoms with Crippen LogP contribution in [-0.2, 0) is 13.2 Å². The summed E-state index contributed by atoms with van der Waals surface area (Å²) in [6, 6.07) is 14.0. The van der Waals surface area contributed by atoms with Crippen LogP contribution in [0.5, 0.6) is 17.4 Å². The lowest BCUT2D eigenvalue weighted by atomic mass is 10.2. The molecule has 0 bridgehead atoms. The molecule has 1 aromatic heterocycles. The van der Waals surface area contributed by atoms with Gasteiger partial charge in [-0.15, -0.1) is 0 Å². The van der Waals surface area contributed by atoms with Gasteiger partial charge in [0.1, 0.15) is 12.4 Å². The Labute approximate surface area is 201 Å². The molecule has 0 atom stereocenters. The van der Waals surface area contributed by atoms with Gasteiger partial charge in [0.2, 0.25) is 5.88 Å². The van der Waals surface area contributed by atoms with Crippen molar-refractivity contribution >= 4 is 27.5 Å². The predicted octanol–water partition coefficient (Wildman–Crippen LogP) is 6.17. The van der Waals surface area contributed by atoms with Crippen molar-refractivity contribution in [2.45, 2.75) is 26.5 Å². The number of pyridine rings is 1. The van der Waals surface area contributed by atoms with Gasteiger partial charge in [-0.2, -0.15) is 0 Å². The van der Waals surface area contributed by atoms with Crippen LogP contribution in [-0.4, -0.2) is 24.7 Å². The van der Waals surface area contributed by atoms with Gasteiger partial charge in [0, 0.05) is 24.4 Å². The van der Waals surface area contributed by atoms with Crippen LogP contribution in [0.3, 0.4) is 0 Å². The number of rotatable bonds is 12. The van der Waals surface area contributed by atoms with E-state index in [2.05, 4.69) is 26.2 Å². The second-order valence-corrected chi connectivity index (χ2v) is 8.14. The summed E-state index contributed by atoms with van der Waals surface area (Å²) in [5.41, 5.74) is 1.34. The minimum atomic E-state index is -0.403. The number of nitrogens with one attached hydrogen (secondary N) is 1. The van der Waals surface area contributed by atoms with Crippen LogP contribution in [0.2, 0.25) is 5.02 Å². The van der Waals surface area contributed by atoms with Crippen LogP contribution in [0, 0.1) is 5.82 Å². The summed E-state index contributed by atoms with van der Waals surface area (Å²) in [4.78, 5) is 4.13. The largest absolute Gasteiger partial charge is 0.490 e. The van der Waals surface area contributed by atoms with E-state index in [0.717, 1.165) is 23.0 Å². The fourth-order valence-corrected chi connectivity index (χ4v) is 3.80. The van der Waals surface area contributed by atoms with E-state index in [9.17, 15) is 4.39 Å². The molecule has 1 heterocycles. The Morgan fingerprint density at radius 1 is 1.09 bits per heavy atom. The van der Waals surface area contributed by atoms with Gasteiger partial charge in [-0.25, -0.2) is 9.37 Å². The van der Waals surface area contributed by atoms with E-state index in [-0.39, 0.29) is 6.61 Å². The van der Waals surface area contributed by atoms with Crippen molar-refractivity contribution in [2.75, 3.05) is 19.8 Å². The molecule has 170 valence electrons. The first-order valence-corrected chi connectivity index (χ1v) is 11.5. The van der Waals surface area contributed by atoms with Gasteiger partial charge in [-0.1, -0.05) is 23.7 Å². The van der Waals surface area contributed by atoms with Crippen molar-refractivity contribution in [1.82, 2.24) is 10.3 Å². The number of aromatic nitrogens is 1. The van der Waals surface area contributed by atoms with Crippen LogP contribution in [0.1, 0.15) is 24.5 Å². The lowest BCUT2D eigenvalue weighted by Crippen LogP contribution is -2.17. The average Bonchev–Trinajstić information content (AvgIpc) is 2.78. The van der Waals surface area contributed by atoms with Crippen molar-refractivity contribution in [3.05, 3.63) is 81.2 Å². The Kier molecular flexibility index (Phi) is 9.59. The van der Waals surface area contributed by atoms with E-state index in [4.69, 9.17) is 25.8 Å². The third kappa shape index (κ3) is 7.08. The summed E-state index contributed by atoms with van der Waals surface area (Å²) in [5.74, 6) is 1.33. The summed E-state index contributed by atoms with van der Waals surface area (Å²) < 4.78 is 32.0. The summed E-state index contributed by atoms with van der Waals surface area (Å²) in [6.45, 7) is 4.41. The van der Waals surface area contributed by atoms with E-state index >= 15 is 0 Å². The van der Waals surface area contributed by atoms with Gasteiger partial charge in [-0.3, -0.25) is 0 Å². The molecular weight excluding hydrogens is 499 g/mol. The predicted molar refractivity (Wildman–Crippen MR) is 127 cm³/mol. The summed E-state index contributed by atoms with van der Waals surface area (Å²) in [7, 11) is 0. The van der Waals surface area contributed by atoms with Gasteiger partial charge >= 0.3 is 0 Å². The minimum Gasteiger partial charge on any atom is -0.490 e. The van der Waals surface area contributed by atoms with E-state index in [0.29, 0.717) is 47.7 Å². The van der Waals surface area contributed by atoms with Crippen LogP contribution in [0.15, 0.2) is 59.2 Å². The van der Waals surface area contributed by atoms with Crippen molar-refractivity contribution in [3.8, 4) is 17.4 Å². The van der Waals surface area contributed by atoms with Gasteiger partial charge in [0.05, 0.1) is 22.7 Å². The molecule has 8 heteroatoms. The van der Waals surface area contributed by atoms with Crippen LogP contribution >= 0.6 is 27.5 Å². The zero-order valence-electron chi connectivity index (χ0n) is 17.7. The standard InChI is InChI=1S/C24H25BrClFN2O3/c1-2-30-22-14-17(15-28-10-6-12-31-23-9-3-4-11-29-23)13-19(25)24(22)32-16-18-20(26)7-5-8-21(18)27/h3-5,7-9,11,13-14,28H,2,6,10,12,15-16H2,1H3. The molecule has 3 rings (SSSR count). The summed E-state index contributed by atoms with van der Waals surface area (Å²) in [5, 5.41) is 3.72. The molecular formula is C24H25BrClFN2O3. The lowest BCUT2D eigenvalue weighted by molar-refractivity contribution is 0.264. The molecule has 0 fully saturated rings. The van der Waals surface area contributed by atoms with Gasteiger partial charge in [-0.05, 0) is 71.7 Å². The molecule has 0 radical (unpaired) electrons. The first-order chi connectivity index (χ1) is 15.6. The Morgan fingerprint density at radius 3 is 2.72 bits per heavy atom. The molecule has 0 aliphatic heterocycles. The third-order valence-corrected chi connectivity index (χ3v) is 5.45. The maximum absolute atomic E-state index is 14.1. The van der Waals surface area contributed by atoms with Crippen molar-refractivity contribution in [2.24, 2.45) is 0 Å². The number of nitrogens with zero attached hydrogens (tertiary/aromatic N) is 1. The highest BCUT2D eigenvalue weighted by molar-refractivity contribution is 9.10.